The first-order chi connectivity index (χ1) is 6.47. The van der Waals surface area contributed by atoms with Gasteiger partial charge in [0.25, 0.3) is 0 Å². The summed E-state index contributed by atoms with van der Waals surface area (Å²) in [5.74, 6) is 0. The molecule has 0 aromatic carbocycles. The third-order valence-corrected chi connectivity index (χ3v) is 2.30. The Labute approximate surface area is 81.4 Å². The van der Waals surface area contributed by atoms with Crippen molar-refractivity contribution in [3.05, 3.63) is 41.2 Å². The Kier molecular flexibility index (Phi) is 4.35. The smallest absolute Gasteiger partial charge is 0.0165 e. The Hall–Kier alpha value is -1.00. The second-order valence-corrected chi connectivity index (χ2v) is 3.09. The molecule has 0 spiro atoms. The van der Waals surface area contributed by atoms with Gasteiger partial charge in [0, 0.05) is 0 Å². The van der Waals surface area contributed by atoms with Gasteiger partial charge in [0.15, 0.2) is 0 Å². The normalized spacial score (nSPS) is 18.9. The zero-order chi connectivity index (χ0) is 9.52. The summed E-state index contributed by atoms with van der Waals surface area (Å²) in [4.78, 5) is 0. The van der Waals surface area contributed by atoms with Crippen LogP contribution in [0.5, 0.6) is 0 Å². The van der Waals surface area contributed by atoms with Crippen LogP contribution in [0.4, 0.5) is 0 Å². The lowest BCUT2D eigenvalue weighted by Crippen LogP contribution is -1.94. The van der Waals surface area contributed by atoms with E-state index in [1.165, 1.54) is 36.8 Å². The maximum Gasteiger partial charge on any atom is -0.0165 e. The van der Waals surface area contributed by atoms with E-state index in [9.17, 15) is 0 Å². The predicted molar refractivity (Wildman–Crippen MR) is 58.6 cm³/mol. The van der Waals surface area contributed by atoms with E-state index in [4.69, 9.17) is 0 Å². The highest BCUT2D eigenvalue weighted by Gasteiger charge is 2.07. The van der Waals surface area contributed by atoms with E-state index in [1.54, 1.807) is 0 Å². The molecule has 0 aromatic rings. The van der Waals surface area contributed by atoms with Gasteiger partial charge in [-0.25, -0.2) is 0 Å². The van der Waals surface area contributed by atoms with Crippen LogP contribution in [-0.2, 0) is 0 Å². The molecule has 0 N–H and O–H groups in total. The van der Waals surface area contributed by atoms with Gasteiger partial charge in [-0.2, -0.15) is 0 Å². The Bertz CT molecular complexity index is 270. The van der Waals surface area contributed by atoms with Gasteiger partial charge >= 0.3 is 0 Å². The van der Waals surface area contributed by atoms with Crippen LogP contribution in [0.15, 0.2) is 41.2 Å². The highest BCUT2D eigenvalue weighted by atomic mass is 14.1. The molecular weight excluding hydrogens is 156 g/mol. The minimum absolute atomic E-state index is 1.25. The lowest BCUT2D eigenvalue weighted by molar-refractivity contribution is 0.694. The van der Waals surface area contributed by atoms with Gasteiger partial charge in [-0.3, -0.25) is 0 Å². The summed E-state index contributed by atoms with van der Waals surface area (Å²) in [6.07, 6.45) is 13.7. The van der Waals surface area contributed by atoms with Crippen LogP contribution in [0.2, 0.25) is 0 Å². The summed E-state index contributed by atoms with van der Waals surface area (Å²) in [5, 5.41) is 0. The van der Waals surface area contributed by atoms with Gasteiger partial charge in [0.05, 0.1) is 0 Å². The Morgan fingerprint density at radius 3 is 2.54 bits per heavy atom. The fourth-order valence-electron chi connectivity index (χ4n) is 1.68. The van der Waals surface area contributed by atoms with Crippen molar-refractivity contribution in [2.75, 3.05) is 0 Å². The van der Waals surface area contributed by atoms with Gasteiger partial charge in [0.1, 0.15) is 0 Å². The molecule has 0 amide bonds. The van der Waals surface area contributed by atoms with Crippen LogP contribution in [0.3, 0.4) is 0 Å². The monoisotopic (exact) mass is 174 g/mol. The maximum atomic E-state index is 3.15. The maximum absolute atomic E-state index is 3.15. The SMILES string of the molecule is C1=CC=CC2=C(C=1)CCCC2.CC. The number of hydrogen-bond donors (Lipinski definition) is 0. The zero-order valence-electron chi connectivity index (χ0n) is 8.64. The molecule has 0 bridgehead atoms. The second kappa shape index (κ2) is 5.61. The van der Waals surface area contributed by atoms with Crippen molar-refractivity contribution in [2.24, 2.45) is 0 Å². The summed E-state index contributed by atoms with van der Waals surface area (Å²) in [5.41, 5.74) is 6.18. The van der Waals surface area contributed by atoms with Crippen LogP contribution >= 0.6 is 0 Å². The van der Waals surface area contributed by atoms with Crippen LogP contribution in [-0.4, -0.2) is 0 Å². The molecule has 0 aliphatic heterocycles. The molecule has 2 rings (SSSR count). The van der Waals surface area contributed by atoms with E-state index >= 15 is 0 Å². The van der Waals surface area contributed by atoms with Crippen molar-refractivity contribution in [2.45, 2.75) is 39.5 Å². The van der Waals surface area contributed by atoms with E-state index in [-0.39, 0.29) is 0 Å². The van der Waals surface area contributed by atoms with E-state index in [0.29, 0.717) is 0 Å². The standard InChI is InChI=1S/C11H12.C2H6/c1-2-6-10-8-4-5-9-11(10)7-3-1;1-2/h1-2,6-7H,4-5,8-9H2;1-2H3. The van der Waals surface area contributed by atoms with Gasteiger partial charge in [-0.05, 0) is 49.0 Å². The van der Waals surface area contributed by atoms with E-state index < -0.39 is 0 Å². The lowest BCUT2D eigenvalue weighted by atomic mass is 9.92. The Balaban J connectivity index is 0.000000396. The number of allylic oxidation sites excluding steroid dienone is 5. The summed E-state index contributed by atoms with van der Waals surface area (Å²) in [6, 6.07) is 0. The van der Waals surface area contributed by atoms with Crippen molar-refractivity contribution < 1.29 is 0 Å². The topological polar surface area (TPSA) is 0 Å². The molecule has 0 aromatic heterocycles. The zero-order valence-corrected chi connectivity index (χ0v) is 8.64. The average molecular weight is 174 g/mol. The first-order valence-electron chi connectivity index (χ1n) is 5.28. The molecule has 0 saturated carbocycles. The Morgan fingerprint density at radius 1 is 1.08 bits per heavy atom. The molecule has 0 heterocycles. The van der Waals surface area contributed by atoms with Crippen LogP contribution in [0, 0.1) is 0 Å². The quantitative estimate of drug-likeness (QED) is 0.484. The Morgan fingerprint density at radius 2 is 1.77 bits per heavy atom. The molecule has 70 valence electrons. The van der Waals surface area contributed by atoms with Gasteiger partial charge in [-0.15, -0.1) is 5.73 Å². The first kappa shape index (κ1) is 10.1. The molecule has 2 aliphatic rings. The fraction of sp³-hybridized carbons (Fsp3) is 0.462. The van der Waals surface area contributed by atoms with Crippen LogP contribution in [0.1, 0.15) is 39.5 Å². The van der Waals surface area contributed by atoms with E-state index in [1.807, 2.05) is 19.9 Å². The second-order valence-electron chi connectivity index (χ2n) is 3.09. The molecule has 0 saturated heterocycles. The number of hydrogen-bond acceptors (Lipinski definition) is 0. The van der Waals surface area contributed by atoms with Crippen molar-refractivity contribution >= 4 is 0 Å². The van der Waals surface area contributed by atoms with Crippen LogP contribution in [0.25, 0.3) is 0 Å². The molecule has 0 heteroatoms. The average Bonchev–Trinajstić information content (AvgIpc) is 2.45. The summed E-state index contributed by atoms with van der Waals surface area (Å²) in [7, 11) is 0. The summed E-state index contributed by atoms with van der Waals surface area (Å²) < 4.78 is 0. The molecule has 2 aliphatic carbocycles. The summed E-state index contributed by atoms with van der Waals surface area (Å²) >= 11 is 0. The van der Waals surface area contributed by atoms with Crippen molar-refractivity contribution in [3.63, 3.8) is 0 Å². The molecule has 0 unspecified atom stereocenters. The first-order valence-corrected chi connectivity index (χ1v) is 5.28. The third-order valence-electron chi connectivity index (χ3n) is 2.30. The van der Waals surface area contributed by atoms with Gasteiger partial charge in [0.2, 0.25) is 0 Å². The molecule has 0 radical (unpaired) electrons. The lowest BCUT2D eigenvalue weighted by Gasteiger charge is -2.13. The predicted octanol–water partition coefficient (Wildman–Crippen LogP) is 4.16. The van der Waals surface area contributed by atoms with E-state index in [2.05, 4.69) is 24.0 Å². The molecule has 0 fully saturated rings. The van der Waals surface area contributed by atoms with Gasteiger partial charge in [-0.1, -0.05) is 26.0 Å². The molecule has 0 atom stereocenters. The van der Waals surface area contributed by atoms with Crippen molar-refractivity contribution in [3.8, 4) is 0 Å². The molecule has 13 heavy (non-hydrogen) atoms. The minimum Gasteiger partial charge on any atom is -0.121 e. The van der Waals surface area contributed by atoms with Crippen LogP contribution < -0.4 is 0 Å². The van der Waals surface area contributed by atoms with E-state index in [0.717, 1.165) is 0 Å². The number of rotatable bonds is 0. The van der Waals surface area contributed by atoms with Gasteiger partial charge < -0.3 is 0 Å². The highest BCUT2D eigenvalue weighted by molar-refractivity contribution is 5.38. The highest BCUT2D eigenvalue weighted by Crippen LogP contribution is 2.26. The largest absolute Gasteiger partial charge is 0.121 e. The molecular formula is C13H18. The summed E-state index contributed by atoms with van der Waals surface area (Å²) in [6.45, 7) is 4.00. The van der Waals surface area contributed by atoms with Crippen molar-refractivity contribution in [1.82, 2.24) is 0 Å². The minimum atomic E-state index is 1.25. The fourth-order valence-corrected chi connectivity index (χ4v) is 1.68. The van der Waals surface area contributed by atoms with Crippen molar-refractivity contribution in [1.29, 1.82) is 0 Å². The third kappa shape index (κ3) is 2.75. The molecule has 0 nitrogen and oxygen atoms in total.